The Morgan fingerprint density at radius 1 is 0.690 bits per heavy atom. The summed E-state index contributed by atoms with van der Waals surface area (Å²) in [6, 6.07) is 27.0. The van der Waals surface area contributed by atoms with E-state index in [0.717, 1.165) is 17.2 Å². The fourth-order valence-electron chi connectivity index (χ4n) is 3.71. The molecule has 1 heterocycles. The summed E-state index contributed by atoms with van der Waals surface area (Å²) in [5.74, 6) is 0. The lowest BCUT2D eigenvalue weighted by Crippen LogP contribution is -2.60. The summed E-state index contributed by atoms with van der Waals surface area (Å²) < 4.78 is 41.7. The van der Waals surface area contributed by atoms with Crippen LogP contribution in [0.3, 0.4) is 0 Å². The maximum absolute atomic E-state index is 13.4. The third-order valence-corrected chi connectivity index (χ3v) is 5.27. The minimum atomic E-state index is -4.50. The van der Waals surface area contributed by atoms with Gasteiger partial charge in [0.2, 0.25) is 0 Å². The Hall–Kier alpha value is -3.05. The number of nitrogens with zero attached hydrogens (tertiary/aromatic N) is 1. The summed E-state index contributed by atoms with van der Waals surface area (Å²) in [6.07, 6.45) is -3.09. The molecule has 0 saturated heterocycles. The second-order valence-corrected chi connectivity index (χ2v) is 7.04. The Bertz CT molecular complexity index is 1070. The van der Waals surface area contributed by atoms with Crippen molar-refractivity contribution in [2.24, 2.45) is 0 Å². The largest absolute Gasteiger partial charge is 0.436 e. The van der Waals surface area contributed by atoms with Crippen molar-refractivity contribution in [2.45, 2.75) is 11.7 Å². The average molecular weight is 414 g/mol. The Morgan fingerprint density at radius 3 is 1.69 bits per heavy atom. The van der Waals surface area contributed by atoms with Crippen molar-refractivity contribution in [3.05, 3.63) is 125 Å². The zero-order chi connectivity index (χ0) is 20.5. The van der Waals surface area contributed by atoms with E-state index >= 15 is 0 Å². The molecule has 146 valence electrons. The van der Waals surface area contributed by atoms with Crippen molar-refractivity contribution in [3.63, 3.8) is 0 Å². The smallest absolute Gasteiger partial charge is 0.164 e. The summed E-state index contributed by atoms with van der Waals surface area (Å²) in [4.78, 5) is 0. The van der Waals surface area contributed by atoms with Crippen LogP contribution in [0, 0.1) is 0 Å². The van der Waals surface area contributed by atoms with Gasteiger partial charge in [0.15, 0.2) is 11.9 Å². The monoisotopic (exact) mass is 413 g/mol. The molecule has 0 atom stereocenters. The molecule has 0 spiro atoms. The first-order valence-corrected chi connectivity index (χ1v) is 9.36. The summed E-state index contributed by atoms with van der Waals surface area (Å²) in [6.45, 7) is 0. The number of H-pyrrole nitrogens is 1. The van der Waals surface area contributed by atoms with E-state index in [4.69, 9.17) is 11.6 Å². The standard InChI is InChI=1S/C23H16ClF3N2/c24-20-14-8-7-13-19(20)22(17-9-3-1-4-10-17,18-11-5-2-6-12-18)29-16-15-21(28-29)23(25,26)27/h1-16H/p+1. The molecule has 29 heavy (non-hydrogen) atoms. The molecule has 2 nitrogen and oxygen atoms in total. The highest BCUT2D eigenvalue weighted by molar-refractivity contribution is 6.31. The number of benzene rings is 3. The molecular formula is C23H17ClF3N2+. The summed E-state index contributed by atoms with van der Waals surface area (Å²) >= 11 is 6.61. The highest BCUT2D eigenvalue weighted by Gasteiger charge is 2.50. The first-order chi connectivity index (χ1) is 13.9. The van der Waals surface area contributed by atoms with E-state index in [1.54, 1.807) is 12.1 Å². The lowest BCUT2D eigenvalue weighted by Gasteiger charge is -2.29. The van der Waals surface area contributed by atoms with E-state index in [-0.39, 0.29) is 0 Å². The zero-order valence-corrected chi connectivity index (χ0v) is 16.0. The Kier molecular flexibility index (Phi) is 4.92. The highest BCUT2D eigenvalue weighted by atomic mass is 35.5. The molecule has 0 bridgehead atoms. The molecule has 4 rings (SSSR count). The van der Waals surface area contributed by atoms with Crippen LogP contribution in [-0.2, 0) is 11.7 Å². The predicted molar refractivity (Wildman–Crippen MR) is 106 cm³/mol. The molecule has 4 aromatic rings. The van der Waals surface area contributed by atoms with Gasteiger partial charge < -0.3 is 0 Å². The maximum atomic E-state index is 13.4. The SMILES string of the molecule is FC(F)(F)c1cc[n+](C(c2ccccc2)(c2ccccc2)c2ccccc2Cl)[nH]1. The van der Waals surface area contributed by atoms with Crippen LogP contribution in [0.4, 0.5) is 13.2 Å². The van der Waals surface area contributed by atoms with Gasteiger partial charge in [-0.3, -0.25) is 0 Å². The molecule has 0 aliphatic rings. The molecule has 1 aromatic heterocycles. The van der Waals surface area contributed by atoms with E-state index < -0.39 is 17.4 Å². The zero-order valence-electron chi connectivity index (χ0n) is 15.2. The van der Waals surface area contributed by atoms with Crippen LogP contribution < -0.4 is 4.68 Å². The van der Waals surface area contributed by atoms with Gasteiger partial charge in [-0.05, 0) is 12.1 Å². The van der Waals surface area contributed by atoms with Crippen LogP contribution in [0.15, 0.2) is 97.2 Å². The van der Waals surface area contributed by atoms with Crippen molar-refractivity contribution in [2.75, 3.05) is 0 Å². The third kappa shape index (κ3) is 3.32. The van der Waals surface area contributed by atoms with E-state index in [9.17, 15) is 13.2 Å². The van der Waals surface area contributed by atoms with E-state index in [2.05, 4.69) is 5.10 Å². The molecule has 0 amide bonds. The minimum Gasteiger partial charge on any atom is -0.164 e. The Balaban J connectivity index is 2.13. The summed E-state index contributed by atoms with van der Waals surface area (Å²) in [7, 11) is 0. The second-order valence-electron chi connectivity index (χ2n) is 6.63. The lowest BCUT2D eigenvalue weighted by molar-refractivity contribution is -0.785. The molecule has 0 aliphatic carbocycles. The van der Waals surface area contributed by atoms with Crippen molar-refractivity contribution < 1.29 is 17.9 Å². The summed E-state index contributed by atoms with van der Waals surface area (Å²) in [5.41, 5.74) is 0.268. The molecule has 0 aliphatic heterocycles. The first-order valence-electron chi connectivity index (χ1n) is 8.98. The van der Waals surface area contributed by atoms with E-state index in [1.165, 1.54) is 10.9 Å². The van der Waals surface area contributed by atoms with Gasteiger partial charge in [-0.1, -0.05) is 89.1 Å². The summed E-state index contributed by atoms with van der Waals surface area (Å²) in [5, 5.41) is 3.00. The van der Waals surface area contributed by atoms with Crippen molar-refractivity contribution in [3.8, 4) is 0 Å². The fraction of sp³-hybridized carbons (Fsp3) is 0.0870. The van der Waals surface area contributed by atoms with Crippen molar-refractivity contribution in [1.29, 1.82) is 0 Å². The van der Waals surface area contributed by atoms with Gasteiger partial charge in [-0.25, -0.2) is 0 Å². The van der Waals surface area contributed by atoms with Gasteiger partial charge >= 0.3 is 6.18 Å². The topological polar surface area (TPSA) is 19.7 Å². The number of aromatic amines is 1. The number of hydrogen-bond donors (Lipinski definition) is 1. The first kappa shape index (κ1) is 19.3. The number of rotatable bonds is 4. The van der Waals surface area contributed by atoms with Crippen molar-refractivity contribution >= 4 is 11.6 Å². The predicted octanol–water partition coefficient (Wildman–Crippen LogP) is 5.81. The van der Waals surface area contributed by atoms with Crippen LogP contribution in [0.1, 0.15) is 22.4 Å². The number of hydrogen-bond acceptors (Lipinski definition) is 0. The van der Waals surface area contributed by atoms with Gasteiger partial charge in [-0.2, -0.15) is 18.3 Å². The van der Waals surface area contributed by atoms with Crippen LogP contribution in [0.5, 0.6) is 0 Å². The van der Waals surface area contributed by atoms with E-state index in [1.807, 2.05) is 72.8 Å². The van der Waals surface area contributed by atoms with Gasteiger partial charge in [-0.15, -0.1) is 0 Å². The minimum absolute atomic E-state index is 0.455. The molecular weight excluding hydrogens is 397 g/mol. The Labute approximate surface area is 171 Å². The highest BCUT2D eigenvalue weighted by Crippen LogP contribution is 2.40. The molecule has 3 aromatic carbocycles. The molecule has 1 N–H and O–H groups in total. The fourth-order valence-corrected chi connectivity index (χ4v) is 3.98. The van der Waals surface area contributed by atoms with Crippen LogP contribution >= 0.6 is 11.6 Å². The quantitative estimate of drug-likeness (QED) is 0.321. The van der Waals surface area contributed by atoms with Crippen molar-refractivity contribution in [1.82, 2.24) is 5.10 Å². The van der Waals surface area contributed by atoms with Crippen LogP contribution in [-0.4, -0.2) is 5.10 Å². The van der Waals surface area contributed by atoms with Gasteiger partial charge in [0, 0.05) is 17.2 Å². The van der Waals surface area contributed by atoms with Gasteiger partial charge in [0.05, 0.1) is 10.6 Å². The number of nitrogens with one attached hydrogen (secondary N) is 1. The number of aromatic nitrogens is 2. The molecule has 0 fully saturated rings. The van der Waals surface area contributed by atoms with E-state index in [0.29, 0.717) is 10.6 Å². The van der Waals surface area contributed by atoms with Crippen LogP contribution in [0.2, 0.25) is 5.02 Å². The molecule has 0 saturated carbocycles. The molecule has 6 heteroatoms. The van der Waals surface area contributed by atoms with Gasteiger partial charge in [0.25, 0.3) is 5.54 Å². The Morgan fingerprint density at radius 2 is 1.21 bits per heavy atom. The molecule has 0 radical (unpaired) electrons. The third-order valence-electron chi connectivity index (χ3n) is 4.94. The normalized spacial score (nSPS) is 12.1. The van der Waals surface area contributed by atoms with Gasteiger partial charge in [0.1, 0.15) is 0 Å². The average Bonchev–Trinajstić information content (AvgIpc) is 3.23. The number of alkyl halides is 3. The lowest BCUT2D eigenvalue weighted by atomic mass is 9.77. The van der Waals surface area contributed by atoms with Crippen LogP contribution in [0.25, 0.3) is 0 Å². The second kappa shape index (κ2) is 7.41. The number of halogens is 4. The maximum Gasteiger partial charge on any atom is 0.436 e. The molecule has 0 unspecified atom stereocenters.